The van der Waals surface area contributed by atoms with E-state index in [1.54, 1.807) is 10.9 Å². The van der Waals surface area contributed by atoms with E-state index in [4.69, 9.17) is 10.5 Å². The molecule has 3 aliphatic rings. The van der Waals surface area contributed by atoms with Crippen molar-refractivity contribution in [3.8, 4) is 0 Å². The molecule has 0 bridgehead atoms. The number of halogens is 3. The van der Waals surface area contributed by atoms with Crippen molar-refractivity contribution < 1.29 is 32.9 Å². The highest BCUT2D eigenvalue weighted by Crippen LogP contribution is 2.52. The number of fused-ring (bicyclic) bond motifs is 2. The quantitative estimate of drug-likeness (QED) is 0.496. The third-order valence-corrected chi connectivity index (χ3v) is 9.70. The van der Waals surface area contributed by atoms with Gasteiger partial charge in [-0.1, -0.05) is 0 Å². The molecule has 2 unspecified atom stereocenters. The minimum absolute atomic E-state index is 0.00488. The van der Waals surface area contributed by atoms with Gasteiger partial charge in [0.25, 0.3) is 5.91 Å². The lowest BCUT2D eigenvalue weighted by molar-refractivity contribution is -0.140. The van der Waals surface area contributed by atoms with E-state index >= 15 is 0 Å². The number of ether oxygens (including phenoxy) is 1. The molecule has 2 fully saturated rings. The highest BCUT2D eigenvalue weighted by Gasteiger charge is 2.50. The average molecular weight is 543 g/mol. The number of aliphatic hydroxyl groups is 2. The first-order valence-corrected chi connectivity index (χ1v) is 13.5. The SMILES string of the molecule is C[C@H]1C[C@@]2(CCN1Cc1cnn(C(C3CC3)C(C)(O)C(N)=O)c1)OCCc1c2sc(C(F)(F)F)c1CO. The van der Waals surface area contributed by atoms with Gasteiger partial charge in [-0.3, -0.25) is 14.4 Å². The van der Waals surface area contributed by atoms with Gasteiger partial charge in [-0.15, -0.1) is 11.3 Å². The summed E-state index contributed by atoms with van der Waals surface area (Å²) in [6, 6.07) is -0.512. The number of hydrogen-bond donors (Lipinski definition) is 3. The van der Waals surface area contributed by atoms with E-state index in [9.17, 15) is 28.2 Å². The van der Waals surface area contributed by atoms with Gasteiger partial charge in [-0.2, -0.15) is 18.3 Å². The Bertz CT molecular complexity index is 1180. The first kappa shape index (κ1) is 26.6. The van der Waals surface area contributed by atoms with Crippen molar-refractivity contribution in [3.05, 3.63) is 38.8 Å². The molecule has 1 spiro atoms. The summed E-state index contributed by atoms with van der Waals surface area (Å²) < 4.78 is 48.9. The van der Waals surface area contributed by atoms with Gasteiger partial charge in [-0.05, 0) is 57.4 Å². The first-order valence-electron chi connectivity index (χ1n) is 12.6. The minimum atomic E-state index is -4.51. The fourth-order valence-corrected chi connectivity index (χ4v) is 7.51. The third-order valence-electron chi connectivity index (χ3n) is 8.20. The molecule has 8 nitrogen and oxygen atoms in total. The summed E-state index contributed by atoms with van der Waals surface area (Å²) >= 11 is 0.722. The molecular formula is C25H33F3N4O4S. The molecule has 37 heavy (non-hydrogen) atoms. The Balaban J connectivity index is 1.33. The Hall–Kier alpha value is -1.99. The standard InChI is InChI=1S/C25H33F3N4O4S/c1-14-9-24(20-17(5-8-36-24)18(13-33)21(37-20)25(26,27)28)6-7-31(14)11-15-10-30-32(12-15)19(16-3-4-16)23(2,35)22(29)34/h10,12,14,16,19,33,35H,3-9,11,13H2,1-2H3,(H2,29,34)/t14-,19?,23?,24+/m0/s1. The molecule has 0 radical (unpaired) electrons. The highest BCUT2D eigenvalue weighted by molar-refractivity contribution is 7.12. The monoisotopic (exact) mass is 542 g/mol. The molecule has 1 aliphatic carbocycles. The minimum Gasteiger partial charge on any atom is -0.392 e. The van der Waals surface area contributed by atoms with E-state index in [0.717, 1.165) is 29.7 Å². The topological polar surface area (TPSA) is 114 Å². The van der Waals surface area contributed by atoms with E-state index in [0.29, 0.717) is 49.4 Å². The number of likely N-dealkylation sites (tertiary alicyclic amines) is 1. The number of aromatic nitrogens is 2. The Kier molecular flexibility index (Phi) is 6.71. The zero-order valence-electron chi connectivity index (χ0n) is 20.9. The fourth-order valence-electron chi connectivity index (χ4n) is 6.10. The number of amides is 1. The summed E-state index contributed by atoms with van der Waals surface area (Å²) in [4.78, 5) is 14.0. The molecule has 4 N–H and O–H groups in total. The number of rotatable bonds is 7. The molecule has 204 valence electrons. The van der Waals surface area contributed by atoms with Gasteiger partial charge >= 0.3 is 6.18 Å². The summed E-state index contributed by atoms with van der Waals surface area (Å²) in [7, 11) is 0. The number of nitrogens with two attached hydrogens (primary N) is 1. The zero-order chi connectivity index (χ0) is 26.8. The smallest absolute Gasteiger partial charge is 0.392 e. The number of carbonyl (C=O) groups excluding carboxylic acids is 1. The molecule has 12 heteroatoms. The lowest BCUT2D eigenvalue weighted by Crippen LogP contribution is -2.50. The van der Waals surface area contributed by atoms with Gasteiger partial charge < -0.3 is 20.7 Å². The Morgan fingerprint density at radius 1 is 1.41 bits per heavy atom. The molecule has 1 saturated carbocycles. The summed E-state index contributed by atoms with van der Waals surface area (Å²) in [5.41, 5.74) is 4.47. The molecule has 4 heterocycles. The van der Waals surface area contributed by atoms with Crippen LogP contribution < -0.4 is 5.73 Å². The molecule has 1 amide bonds. The Morgan fingerprint density at radius 2 is 2.14 bits per heavy atom. The average Bonchev–Trinajstić information content (AvgIpc) is 3.38. The Morgan fingerprint density at radius 3 is 2.73 bits per heavy atom. The second-order valence-corrected chi connectivity index (χ2v) is 11.9. The molecule has 2 aliphatic heterocycles. The van der Waals surface area contributed by atoms with E-state index in [2.05, 4.69) is 10.00 Å². The molecule has 1 saturated heterocycles. The fraction of sp³-hybridized carbons (Fsp3) is 0.680. The third kappa shape index (κ3) is 4.71. The number of carbonyl (C=O) groups is 1. The number of primary amides is 1. The zero-order valence-corrected chi connectivity index (χ0v) is 21.7. The number of nitrogens with zero attached hydrogens (tertiary/aromatic N) is 3. The van der Waals surface area contributed by atoms with Crippen LogP contribution >= 0.6 is 11.3 Å². The van der Waals surface area contributed by atoms with Crippen molar-refractivity contribution in [1.29, 1.82) is 0 Å². The van der Waals surface area contributed by atoms with Gasteiger partial charge in [0.05, 0.1) is 25.5 Å². The second-order valence-electron chi connectivity index (χ2n) is 10.9. The lowest BCUT2D eigenvalue weighted by atomic mass is 9.81. The molecule has 2 aromatic heterocycles. The van der Waals surface area contributed by atoms with E-state index < -0.39 is 40.8 Å². The predicted octanol–water partition coefficient (Wildman–Crippen LogP) is 3.10. The van der Waals surface area contributed by atoms with Crippen LogP contribution in [0, 0.1) is 5.92 Å². The normalized spacial score (nSPS) is 27.2. The van der Waals surface area contributed by atoms with Crippen LogP contribution in [0.1, 0.15) is 72.0 Å². The van der Waals surface area contributed by atoms with Crippen LogP contribution in [0.3, 0.4) is 0 Å². The van der Waals surface area contributed by atoms with Crippen LogP contribution in [0.2, 0.25) is 0 Å². The maximum Gasteiger partial charge on any atom is 0.425 e. The van der Waals surface area contributed by atoms with Crippen molar-refractivity contribution in [1.82, 2.24) is 14.7 Å². The molecular weight excluding hydrogens is 509 g/mol. The van der Waals surface area contributed by atoms with Gasteiger partial charge in [-0.25, -0.2) is 0 Å². The summed E-state index contributed by atoms with van der Waals surface area (Å²) in [5, 5.41) is 24.9. The number of thiophene rings is 1. The predicted molar refractivity (Wildman–Crippen MR) is 129 cm³/mol. The van der Waals surface area contributed by atoms with Gasteiger partial charge in [0.2, 0.25) is 0 Å². The van der Waals surface area contributed by atoms with E-state index in [1.165, 1.54) is 6.92 Å². The highest BCUT2D eigenvalue weighted by atomic mass is 32.1. The Labute approximate surface area is 217 Å². The maximum atomic E-state index is 13.7. The second kappa shape index (κ2) is 9.33. The first-order chi connectivity index (χ1) is 17.4. The largest absolute Gasteiger partial charge is 0.425 e. The summed E-state index contributed by atoms with van der Waals surface area (Å²) in [6.07, 6.45) is 2.30. The van der Waals surface area contributed by atoms with Gasteiger partial charge in [0.1, 0.15) is 10.5 Å². The molecule has 0 aromatic carbocycles. The summed E-state index contributed by atoms with van der Waals surface area (Å²) in [6.45, 7) is 4.36. The molecule has 5 rings (SSSR count). The van der Waals surface area contributed by atoms with Crippen molar-refractivity contribution >= 4 is 17.2 Å². The van der Waals surface area contributed by atoms with Crippen LogP contribution in [0.15, 0.2) is 12.4 Å². The number of hydrogen-bond acceptors (Lipinski definition) is 7. The van der Waals surface area contributed by atoms with E-state index in [1.807, 2.05) is 13.1 Å². The van der Waals surface area contributed by atoms with Crippen LogP contribution in [-0.2, 0) is 40.9 Å². The number of piperidine rings is 1. The van der Waals surface area contributed by atoms with Crippen LogP contribution in [-0.4, -0.2) is 55.6 Å². The van der Waals surface area contributed by atoms with Crippen LogP contribution in [0.25, 0.3) is 0 Å². The van der Waals surface area contributed by atoms with Crippen molar-refractivity contribution in [2.45, 2.75) is 88.6 Å². The lowest BCUT2D eigenvalue weighted by Gasteiger charge is -2.47. The van der Waals surface area contributed by atoms with Crippen molar-refractivity contribution in [3.63, 3.8) is 0 Å². The van der Waals surface area contributed by atoms with Crippen molar-refractivity contribution in [2.75, 3.05) is 13.2 Å². The van der Waals surface area contributed by atoms with Gasteiger partial charge in [0.15, 0.2) is 5.60 Å². The molecule has 2 aromatic rings. The maximum absolute atomic E-state index is 13.7. The molecule has 4 atom stereocenters. The van der Waals surface area contributed by atoms with Crippen LogP contribution in [0.5, 0.6) is 0 Å². The van der Waals surface area contributed by atoms with Crippen LogP contribution in [0.4, 0.5) is 13.2 Å². The summed E-state index contributed by atoms with van der Waals surface area (Å²) in [5.74, 6) is -0.646. The van der Waals surface area contributed by atoms with Crippen molar-refractivity contribution in [2.24, 2.45) is 11.7 Å². The number of aliphatic hydroxyl groups excluding tert-OH is 1. The van der Waals surface area contributed by atoms with Gasteiger partial charge in [0, 0.05) is 41.3 Å². The van der Waals surface area contributed by atoms with E-state index in [-0.39, 0.29) is 17.5 Å². The number of alkyl halides is 3.